The first-order chi connectivity index (χ1) is 11.7. The highest BCUT2D eigenvalue weighted by atomic mass is 32.2. The Balaban J connectivity index is 2.44. The normalized spacial score (nSPS) is 12.8. The number of halogens is 1. The Hall–Kier alpha value is -2.45. The molecule has 1 N–H and O–H groups in total. The number of carboxylic acids is 1. The van der Waals surface area contributed by atoms with E-state index in [-0.39, 0.29) is 5.56 Å². The van der Waals surface area contributed by atoms with E-state index in [1.807, 2.05) is 0 Å². The summed E-state index contributed by atoms with van der Waals surface area (Å²) in [6, 6.07) is 8.90. The third-order valence-corrected chi connectivity index (χ3v) is 5.90. The minimum atomic E-state index is -4.24. The maximum atomic E-state index is 14.1. The zero-order valence-electron chi connectivity index (χ0n) is 13.9. The van der Waals surface area contributed by atoms with Crippen LogP contribution in [0.5, 0.6) is 5.75 Å². The van der Waals surface area contributed by atoms with Gasteiger partial charge in [0, 0.05) is 13.1 Å². The van der Waals surface area contributed by atoms with Crippen molar-refractivity contribution in [2.75, 3.05) is 14.2 Å². The smallest absolute Gasteiger partial charge is 0.335 e. The molecule has 0 aliphatic carbocycles. The van der Waals surface area contributed by atoms with Gasteiger partial charge in [-0.25, -0.2) is 17.6 Å². The Morgan fingerprint density at radius 2 is 1.92 bits per heavy atom. The number of carboxylic acid groups (broad SMARTS) is 1. The number of carbonyl (C=O) groups is 1. The van der Waals surface area contributed by atoms with Crippen LogP contribution in [-0.2, 0) is 10.0 Å². The molecule has 0 aromatic heterocycles. The van der Waals surface area contributed by atoms with E-state index in [0.29, 0.717) is 11.3 Å². The molecule has 2 aromatic carbocycles. The molecule has 6 nitrogen and oxygen atoms in total. The van der Waals surface area contributed by atoms with Crippen molar-refractivity contribution in [2.24, 2.45) is 0 Å². The van der Waals surface area contributed by atoms with Crippen molar-refractivity contribution in [3.05, 3.63) is 59.4 Å². The van der Waals surface area contributed by atoms with Gasteiger partial charge < -0.3 is 9.84 Å². The van der Waals surface area contributed by atoms with E-state index < -0.39 is 32.7 Å². The first kappa shape index (κ1) is 18.9. The molecule has 0 aliphatic heterocycles. The first-order valence-corrected chi connectivity index (χ1v) is 8.77. The lowest BCUT2D eigenvalue weighted by Gasteiger charge is -2.25. The van der Waals surface area contributed by atoms with Gasteiger partial charge in [0.15, 0.2) is 0 Å². The van der Waals surface area contributed by atoms with E-state index in [4.69, 9.17) is 9.84 Å². The molecule has 0 fully saturated rings. The van der Waals surface area contributed by atoms with Crippen LogP contribution >= 0.6 is 0 Å². The Morgan fingerprint density at radius 1 is 1.24 bits per heavy atom. The summed E-state index contributed by atoms with van der Waals surface area (Å²) in [4.78, 5) is 10.4. The molecule has 2 rings (SSSR count). The number of nitrogens with zero attached hydrogens (tertiary/aromatic N) is 1. The average molecular weight is 367 g/mol. The van der Waals surface area contributed by atoms with Crippen LogP contribution in [0, 0.1) is 5.82 Å². The molecule has 0 heterocycles. The van der Waals surface area contributed by atoms with Crippen molar-refractivity contribution in [2.45, 2.75) is 17.9 Å². The van der Waals surface area contributed by atoms with Crippen LogP contribution in [0.2, 0.25) is 0 Å². The predicted molar refractivity (Wildman–Crippen MR) is 89.7 cm³/mol. The topological polar surface area (TPSA) is 83.9 Å². The van der Waals surface area contributed by atoms with Crippen LogP contribution < -0.4 is 4.74 Å². The van der Waals surface area contributed by atoms with E-state index in [1.54, 1.807) is 31.2 Å². The quantitative estimate of drug-likeness (QED) is 0.849. The van der Waals surface area contributed by atoms with Crippen molar-refractivity contribution in [3.63, 3.8) is 0 Å². The third kappa shape index (κ3) is 3.80. The second-order valence-corrected chi connectivity index (χ2v) is 7.39. The number of benzene rings is 2. The van der Waals surface area contributed by atoms with Crippen LogP contribution in [0.3, 0.4) is 0 Å². The fourth-order valence-corrected chi connectivity index (χ4v) is 3.75. The van der Waals surface area contributed by atoms with Crippen molar-refractivity contribution in [3.8, 4) is 5.75 Å². The molecule has 0 bridgehead atoms. The predicted octanol–water partition coefficient (Wildman–Crippen LogP) is 2.91. The monoisotopic (exact) mass is 367 g/mol. The maximum absolute atomic E-state index is 14.1. The van der Waals surface area contributed by atoms with Crippen LogP contribution in [-0.4, -0.2) is 38.0 Å². The van der Waals surface area contributed by atoms with Gasteiger partial charge in [-0.3, -0.25) is 0 Å². The van der Waals surface area contributed by atoms with Gasteiger partial charge in [-0.05, 0) is 42.8 Å². The second kappa shape index (κ2) is 7.20. The van der Waals surface area contributed by atoms with Crippen LogP contribution in [0.4, 0.5) is 4.39 Å². The highest BCUT2D eigenvalue weighted by molar-refractivity contribution is 7.89. The van der Waals surface area contributed by atoms with Crippen molar-refractivity contribution in [1.29, 1.82) is 0 Å². The Morgan fingerprint density at radius 3 is 2.52 bits per heavy atom. The molecule has 0 radical (unpaired) electrons. The van der Waals surface area contributed by atoms with Crippen LogP contribution in [0.15, 0.2) is 47.4 Å². The first-order valence-electron chi connectivity index (χ1n) is 7.33. The molecule has 0 saturated heterocycles. The summed E-state index contributed by atoms with van der Waals surface area (Å²) >= 11 is 0. The molecular formula is C17H18FNO5S. The summed E-state index contributed by atoms with van der Waals surface area (Å²) < 4.78 is 45.7. The van der Waals surface area contributed by atoms with Crippen molar-refractivity contribution < 1.29 is 27.4 Å². The van der Waals surface area contributed by atoms with Gasteiger partial charge in [-0.1, -0.05) is 12.1 Å². The van der Waals surface area contributed by atoms with Crippen LogP contribution in [0.1, 0.15) is 28.9 Å². The van der Waals surface area contributed by atoms with E-state index in [2.05, 4.69) is 0 Å². The molecule has 1 atom stereocenters. The van der Waals surface area contributed by atoms with E-state index >= 15 is 0 Å². The number of hydrogen-bond donors (Lipinski definition) is 1. The summed E-state index contributed by atoms with van der Waals surface area (Å²) in [6.07, 6.45) is 0. The highest BCUT2D eigenvalue weighted by Crippen LogP contribution is 2.29. The van der Waals surface area contributed by atoms with Gasteiger partial charge in [0.2, 0.25) is 10.0 Å². The Labute approximate surface area is 145 Å². The SMILES string of the molecule is COc1cccc(C(C)N(C)S(=O)(=O)c2cc(C(=O)O)ccc2F)c1. The van der Waals surface area contributed by atoms with Gasteiger partial charge in [-0.2, -0.15) is 4.31 Å². The van der Waals surface area contributed by atoms with Gasteiger partial charge in [0.1, 0.15) is 16.5 Å². The van der Waals surface area contributed by atoms with Crippen molar-refractivity contribution in [1.82, 2.24) is 4.31 Å². The summed E-state index contributed by atoms with van der Waals surface area (Å²) in [6.45, 7) is 1.64. The van der Waals surface area contributed by atoms with E-state index in [9.17, 15) is 17.6 Å². The Bertz CT molecular complexity index is 898. The summed E-state index contributed by atoms with van der Waals surface area (Å²) in [5.74, 6) is -1.77. The number of aromatic carboxylic acids is 1. The van der Waals surface area contributed by atoms with Gasteiger partial charge in [0.25, 0.3) is 0 Å². The molecular weight excluding hydrogens is 349 g/mol. The largest absolute Gasteiger partial charge is 0.497 e. The van der Waals surface area contributed by atoms with E-state index in [1.165, 1.54) is 14.2 Å². The summed E-state index contributed by atoms with van der Waals surface area (Å²) in [5, 5.41) is 9.00. The van der Waals surface area contributed by atoms with Gasteiger partial charge >= 0.3 is 5.97 Å². The molecule has 2 aromatic rings. The third-order valence-electron chi connectivity index (χ3n) is 3.96. The molecule has 0 aliphatic rings. The molecule has 0 spiro atoms. The lowest BCUT2D eigenvalue weighted by Crippen LogP contribution is -2.30. The minimum absolute atomic E-state index is 0.303. The second-order valence-electron chi connectivity index (χ2n) is 5.42. The maximum Gasteiger partial charge on any atom is 0.335 e. The molecule has 134 valence electrons. The summed E-state index contributed by atoms with van der Waals surface area (Å²) in [5.41, 5.74) is 0.350. The van der Waals surface area contributed by atoms with E-state index in [0.717, 1.165) is 22.5 Å². The molecule has 0 saturated carbocycles. The number of hydrogen-bond acceptors (Lipinski definition) is 4. The van der Waals surface area contributed by atoms with Crippen molar-refractivity contribution >= 4 is 16.0 Å². The number of sulfonamides is 1. The average Bonchev–Trinajstić information content (AvgIpc) is 2.60. The zero-order valence-corrected chi connectivity index (χ0v) is 14.7. The molecule has 25 heavy (non-hydrogen) atoms. The fraction of sp³-hybridized carbons (Fsp3) is 0.235. The standard InChI is InChI=1S/C17H18FNO5S/c1-11(12-5-4-6-14(9-12)24-3)19(2)25(22,23)16-10-13(17(20)21)7-8-15(16)18/h4-11H,1-3H3,(H,20,21). The molecule has 1 unspecified atom stereocenters. The zero-order chi connectivity index (χ0) is 18.8. The Kier molecular flexibility index (Phi) is 5.44. The highest BCUT2D eigenvalue weighted by Gasteiger charge is 2.30. The molecule has 8 heteroatoms. The molecule has 0 amide bonds. The van der Waals surface area contributed by atoms with Gasteiger partial charge in [0.05, 0.1) is 12.7 Å². The number of ether oxygens (including phenoxy) is 1. The minimum Gasteiger partial charge on any atom is -0.497 e. The lowest BCUT2D eigenvalue weighted by atomic mass is 10.1. The fourth-order valence-electron chi connectivity index (χ4n) is 2.31. The summed E-state index contributed by atoms with van der Waals surface area (Å²) in [7, 11) is -1.43. The number of methoxy groups -OCH3 is 1. The lowest BCUT2D eigenvalue weighted by molar-refractivity contribution is 0.0696. The van der Waals surface area contributed by atoms with Crippen LogP contribution in [0.25, 0.3) is 0 Å². The van der Waals surface area contributed by atoms with Gasteiger partial charge in [-0.15, -0.1) is 0 Å². The number of rotatable bonds is 6.